The van der Waals surface area contributed by atoms with Crippen LogP contribution in [0.15, 0.2) is 30.3 Å². The smallest absolute Gasteiger partial charge is 0.245 e. The minimum absolute atomic E-state index is 0.0147. The van der Waals surface area contributed by atoms with Crippen molar-refractivity contribution in [1.82, 2.24) is 10.2 Å². The summed E-state index contributed by atoms with van der Waals surface area (Å²) in [5.41, 5.74) is 0.211. The van der Waals surface area contributed by atoms with E-state index in [1.54, 1.807) is 0 Å². The minimum atomic E-state index is -0.885. The summed E-state index contributed by atoms with van der Waals surface area (Å²) >= 11 is 0. The van der Waals surface area contributed by atoms with E-state index in [9.17, 15) is 14.7 Å². The molecule has 1 saturated heterocycles. The molecule has 2 N–H and O–H groups in total. The summed E-state index contributed by atoms with van der Waals surface area (Å²) in [7, 11) is 0. The topological polar surface area (TPSA) is 69.6 Å². The van der Waals surface area contributed by atoms with Crippen LogP contribution in [-0.4, -0.2) is 40.0 Å². The Morgan fingerprint density at radius 1 is 1.16 bits per heavy atom. The zero-order valence-electron chi connectivity index (χ0n) is 14.7. The highest BCUT2D eigenvalue weighted by molar-refractivity contribution is 5.88. The number of nitrogens with zero attached hydrogens (tertiary/aromatic N) is 1. The van der Waals surface area contributed by atoms with Crippen molar-refractivity contribution in [1.29, 1.82) is 0 Å². The van der Waals surface area contributed by atoms with Gasteiger partial charge in [-0.05, 0) is 31.2 Å². The van der Waals surface area contributed by atoms with Gasteiger partial charge in [0.1, 0.15) is 6.04 Å². The molecule has 1 atom stereocenters. The van der Waals surface area contributed by atoms with Crippen molar-refractivity contribution < 1.29 is 14.7 Å². The number of rotatable bonds is 5. The quantitative estimate of drug-likeness (QED) is 0.862. The van der Waals surface area contributed by atoms with Crippen LogP contribution in [0.3, 0.4) is 0 Å². The highest BCUT2D eigenvalue weighted by Crippen LogP contribution is 2.30. The maximum Gasteiger partial charge on any atom is 0.245 e. The zero-order valence-corrected chi connectivity index (χ0v) is 14.7. The fourth-order valence-corrected chi connectivity index (χ4v) is 3.97. The number of benzene rings is 1. The molecule has 0 aromatic heterocycles. The molecule has 1 aromatic carbocycles. The van der Waals surface area contributed by atoms with Crippen molar-refractivity contribution in [2.24, 2.45) is 0 Å². The summed E-state index contributed by atoms with van der Waals surface area (Å²) in [6, 6.07) is 9.45. The molecule has 5 nitrogen and oxygen atoms in total. The predicted octanol–water partition coefficient (Wildman–Crippen LogP) is 2.38. The van der Waals surface area contributed by atoms with E-state index in [4.69, 9.17) is 0 Å². The standard InChI is InChI=1S/C20H28N2O3/c23-18(14-20(25)11-5-2-6-12-20)21-17-10-7-13-22(19(17)24)15-16-8-3-1-4-9-16/h1,3-4,8-9,17,25H,2,5-7,10-15H2,(H,21,23). The van der Waals surface area contributed by atoms with Crippen molar-refractivity contribution in [3.05, 3.63) is 35.9 Å². The monoisotopic (exact) mass is 344 g/mol. The van der Waals surface area contributed by atoms with Gasteiger partial charge in [-0.2, -0.15) is 0 Å². The zero-order chi connectivity index (χ0) is 17.7. The number of carbonyl (C=O) groups is 2. The third-order valence-electron chi connectivity index (χ3n) is 5.36. The molecule has 3 rings (SSSR count). The van der Waals surface area contributed by atoms with Crippen molar-refractivity contribution in [3.63, 3.8) is 0 Å². The van der Waals surface area contributed by atoms with Gasteiger partial charge in [0.05, 0.1) is 12.0 Å². The Morgan fingerprint density at radius 3 is 2.60 bits per heavy atom. The summed E-state index contributed by atoms with van der Waals surface area (Å²) in [4.78, 5) is 26.9. The Bertz CT molecular complexity index is 596. The van der Waals surface area contributed by atoms with E-state index in [2.05, 4.69) is 5.32 Å². The average molecular weight is 344 g/mol. The number of nitrogens with one attached hydrogen (secondary N) is 1. The van der Waals surface area contributed by atoms with E-state index in [1.165, 1.54) is 0 Å². The summed E-state index contributed by atoms with van der Waals surface area (Å²) in [5.74, 6) is -0.219. The molecule has 0 spiro atoms. The van der Waals surface area contributed by atoms with E-state index in [1.807, 2.05) is 35.2 Å². The lowest BCUT2D eigenvalue weighted by molar-refractivity contribution is -0.141. The lowest BCUT2D eigenvalue weighted by atomic mass is 9.82. The van der Waals surface area contributed by atoms with Crippen LogP contribution in [0.5, 0.6) is 0 Å². The molecule has 1 heterocycles. The highest BCUT2D eigenvalue weighted by Gasteiger charge is 2.34. The first-order chi connectivity index (χ1) is 12.1. The van der Waals surface area contributed by atoms with Crippen LogP contribution in [0, 0.1) is 0 Å². The van der Waals surface area contributed by atoms with E-state index >= 15 is 0 Å². The summed E-state index contributed by atoms with van der Waals surface area (Å²) < 4.78 is 0. The van der Waals surface area contributed by atoms with E-state index in [-0.39, 0.29) is 18.2 Å². The molecule has 25 heavy (non-hydrogen) atoms. The SMILES string of the molecule is O=C(CC1(O)CCCCC1)NC1CCCN(Cc2ccccc2)C1=O. The second-order valence-electron chi connectivity index (χ2n) is 7.47. The van der Waals surface area contributed by atoms with Crippen molar-refractivity contribution in [2.75, 3.05) is 6.54 Å². The summed E-state index contributed by atoms with van der Waals surface area (Å²) in [5, 5.41) is 13.4. The first-order valence-electron chi connectivity index (χ1n) is 9.40. The molecule has 5 heteroatoms. The van der Waals surface area contributed by atoms with Gasteiger partial charge in [-0.25, -0.2) is 0 Å². The molecular formula is C20H28N2O3. The molecular weight excluding hydrogens is 316 g/mol. The van der Waals surface area contributed by atoms with Crippen molar-refractivity contribution in [2.45, 2.75) is 69.6 Å². The van der Waals surface area contributed by atoms with E-state index < -0.39 is 11.6 Å². The Labute approximate surface area is 149 Å². The summed E-state index contributed by atoms with van der Waals surface area (Å²) in [6.45, 7) is 1.31. The number of piperidine rings is 1. The van der Waals surface area contributed by atoms with Crippen LogP contribution < -0.4 is 5.32 Å². The van der Waals surface area contributed by atoms with Gasteiger partial charge in [-0.1, -0.05) is 49.6 Å². The third-order valence-corrected chi connectivity index (χ3v) is 5.36. The van der Waals surface area contributed by atoms with Crippen LogP contribution in [0.2, 0.25) is 0 Å². The summed E-state index contributed by atoms with van der Waals surface area (Å²) in [6.07, 6.45) is 6.09. The number of carbonyl (C=O) groups excluding carboxylic acids is 2. The largest absolute Gasteiger partial charge is 0.389 e. The second kappa shape index (κ2) is 8.00. The van der Waals surface area contributed by atoms with Crippen LogP contribution >= 0.6 is 0 Å². The van der Waals surface area contributed by atoms with Gasteiger partial charge >= 0.3 is 0 Å². The Kier molecular flexibility index (Phi) is 5.74. The van der Waals surface area contributed by atoms with Gasteiger partial charge in [0.15, 0.2) is 0 Å². The molecule has 2 aliphatic rings. The van der Waals surface area contributed by atoms with Crippen LogP contribution in [0.1, 0.15) is 56.9 Å². The van der Waals surface area contributed by atoms with Gasteiger partial charge in [0.2, 0.25) is 11.8 Å². The Balaban J connectivity index is 1.54. The highest BCUT2D eigenvalue weighted by atomic mass is 16.3. The fraction of sp³-hybridized carbons (Fsp3) is 0.600. The van der Waals surface area contributed by atoms with Gasteiger partial charge in [0.25, 0.3) is 0 Å². The molecule has 1 aromatic rings. The molecule has 1 unspecified atom stereocenters. The first-order valence-corrected chi connectivity index (χ1v) is 9.40. The fourth-order valence-electron chi connectivity index (χ4n) is 3.97. The molecule has 1 aliphatic heterocycles. The van der Waals surface area contributed by atoms with Gasteiger partial charge in [0, 0.05) is 13.1 Å². The van der Waals surface area contributed by atoms with Crippen LogP contribution in [-0.2, 0) is 16.1 Å². The van der Waals surface area contributed by atoms with E-state index in [0.29, 0.717) is 25.8 Å². The van der Waals surface area contributed by atoms with Gasteiger partial charge in [-0.15, -0.1) is 0 Å². The number of hydrogen-bond donors (Lipinski definition) is 2. The average Bonchev–Trinajstić information content (AvgIpc) is 2.59. The molecule has 1 saturated carbocycles. The minimum Gasteiger partial charge on any atom is -0.389 e. The maximum atomic E-state index is 12.7. The van der Waals surface area contributed by atoms with Crippen LogP contribution in [0.4, 0.5) is 0 Å². The lowest BCUT2D eigenvalue weighted by Crippen LogP contribution is -2.53. The maximum absolute atomic E-state index is 12.7. The lowest BCUT2D eigenvalue weighted by Gasteiger charge is -2.34. The Morgan fingerprint density at radius 2 is 1.88 bits per heavy atom. The molecule has 2 amide bonds. The molecule has 0 bridgehead atoms. The molecule has 0 radical (unpaired) electrons. The van der Waals surface area contributed by atoms with Crippen molar-refractivity contribution in [3.8, 4) is 0 Å². The number of likely N-dealkylation sites (tertiary alicyclic amines) is 1. The van der Waals surface area contributed by atoms with Gasteiger partial charge in [-0.3, -0.25) is 9.59 Å². The van der Waals surface area contributed by atoms with E-state index in [0.717, 1.165) is 37.8 Å². The first kappa shape index (κ1) is 17.9. The van der Waals surface area contributed by atoms with Crippen molar-refractivity contribution >= 4 is 11.8 Å². The van der Waals surface area contributed by atoms with Gasteiger partial charge < -0.3 is 15.3 Å². The Hall–Kier alpha value is -1.88. The predicted molar refractivity (Wildman–Crippen MR) is 95.7 cm³/mol. The number of hydrogen-bond acceptors (Lipinski definition) is 3. The molecule has 2 fully saturated rings. The number of amides is 2. The second-order valence-corrected chi connectivity index (χ2v) is 7.47. The van der Waals surface area contributed by atoms with Crippen LogP contribution in [0.25, 0.3) is 0 Å². The third kappa shape index (κ3) is 4.82. The normalized spacial score (nSPS) is 23.3. The molecule has 1 aliphatic carbocycles. The molecule has 136 valence electrons. The number of aliphatic hydroxyl groups is 1.